The summed E-state index contributed by atoms with van der Waals surface area (Å²) in [6, 6.07) is 10.3. The van der Waals surface area contributed by atoms with Crippen LogP contribution in [0.15, 0.2) is 46.7 Å². The monoisotopic (exact) mass is 465 g/mol. The minimum atomic E-state index is -3.98. The molecule has 2 fully saturated rings. The van der Waals surface area contributed by atoms with Gasteiger partial charge in [0.05, 0.1) is 13.7 Å². The van der Waals surface area contributed by atoms with Crippen molar-refractivity contribution < 1.29 is 27.5 Å². The number of hydrogen-bond donors (Lipinski definition) is 1. The molecule has 9 nitrogen and oxygen atoms in total. The zero-order valence-corrected chi connectivity index (χ0v) is 18.6. The van der Waals surface area contributed by atoms with E-state index in [0.29, 0.717) is 31.6 Å². The largest absolute Gasteiger partial charge is 0.465 e. The zero-order valence-electron chi connectivity index (χ0n) is 16.9. The van der Waals surface area contributed by atoms with E-state index in [1.807, 2.05) is 18.2 Å². The SMILES string of the molecule is COC(=O)c1sccc1S(=O)(=O)N1CCOC12CCN(C(=O)Nc1ccccc1)CC2. The van der Waals surface area contributed by atoms with Crippen molar-refractivity contribution in [3.63, 3.8) is 0 Å². The number of ether oxygens (including phenoxy) is 2. The van der Waals surface area contributed by atoms with Crippen LogP contribution in [0.4, 0.5) is 10.5 Å². The van der Waals surface area contributed by atoms with Gasteiger partial charge in [0.15, 0.2) is 0 Å². The van der Waals surface area contributed by atoms with Gasteiger partial charge in [-0.1, -0.05) is 18.2 Å². The average molecular weight is 466 g/mol. The lowest BCUT2D eigenvalue weighted by Crippen LogP contribution is -2.56. The standard InChI is InChI=1S/C20H23N3O6S2/c1-28-18(24)17-16(7-14-30-17)31(26,27)23-12-13-29-20(23)8-10-22(11-9-20)19(25)21-15-5-3-2-4-6-15/h2-7,14H,8-13H2,1H3,(H,21,25). The fraction of sp³-hybridized carbons (Fsp3) is 0.400. The number of benzene rings is 1. The first kappa shape index (κ1) is 21.8. The Morgan fingerprint density at radius 1 is 1.13 bits per heavy atom. The van der Waals surface area contributed by atoms with Gasteiger partial charge in [-0.2, -0.15) is 4.31 Å². The Labute approximate surface area is 184 Å². The molecule has 1 aromatic carbocycles. The molecule has 166 valence electrons. The van der Waals surface area contributed by atoms with Gasteiger partial charge in [0.2, 0.25) is 10.0 Å². The predicted octanol–water partition coefficient (Wildman–Crippen LogP) is 2.58. The van der Waals surface area contributed by atoms with Crippen LogP contribution >= 0.6 is 11.3 Å². The first-order valence-electron chi connectivity index (χ1n) is 9.81. The number of hydrogen-bond acceptors (Lipinski definition) is 7. The van der Waals surface area contributed by atoms with Gasteiger partial charge < -0.3 is 19.7 Å². The summed E-state index contributed by atoms with van der Waals surface area (Å²) >= 11 is 1.03. The van der Waals surface area contributed by atoms with Crippen molar-refractivity contribution in [2.24, 2.45) is 0 Å². The van der Waals surface area contributed by atoms with E-state index in [0.717, 1.165) is 11.3 Å². The van der Waals surface area contributed by atoms with E-state index in [2.05, 4.69) is 5.32 Å². The van der Waals surface area contributed by atoms with E-state index >= 15 is 0 Å². The van der Waals surface area contributed by atoms with Gasteiger partial charge >= 0.3 is 12.0 Å². The molecule has 2 saturated heterocycles. The number of esters is 1. The van der Waals surface area contributed by atoms with Gasteiger partial charge in [-0.3, -0.25) is 0 Å². The van der Waals surface area contributed by atoms with Gasteiger partial charge in [-0.15, -0.1) is 11.3 Å². The van der Waals surface area contributed by atoms with E-state index in [4.69, 9.17) is 9.47 Å². The number of carbonyl (C=O) groups excluding carboxylic acids is 2. The smallest absolute Gasteiger partial charge is 0.349 e. The molecule has 2 aliphatic heterocycles. The topological polar surface area (TPSA) is 105 Å². The highest BCUT2D eigenvalue weighted by molar-refractivity contribution is 7.89. The fourth-order valence-electron chi connectivity index (χ4n) is 3.97. The second-order valence-electron chi connectivity index (χ2n) is 7.26. The Hall–Kier alpha value is -2.47. The molecule has 2 amide bonds. The Morgan fingerprint density at radius 3 is 2.52 bits per heavy atom. The molecular weight excluding hydrogens is 442 g/mol. The molecule has 1 aromatic heterocycles. The molecule has 0 aliphatic carbocycles. The van der Waals surface area contributed by atoms with Gasteiger partial charge in [0.25, 0.3) is 0 Å². The maximum atomic E-state index is 13.4. The van der Waals surface area contributed by atoms with Crippen molar-refractivity contribution in [2.45, 2.75) is 23.5 Å². The van der Waals surface area contributed by atoms with E-state index in [1.165, 1.54) is 17.5 Å². The van der Waals surface area contributed by atoms with Gasteiger partial charge in [-0.05, 0) is 23.6 Å². The zero-order chi connectivity index (χ0) is 22.1. The molecule has 0 bridgehead atoms. The van der Waals surface area contributed by atoms with Gasteiger partial charge in [0, 0.05) is 38.2 Å². The van der Waals surface area contributed by atoms with E-state index < -0.39 is 21.7 Å². The number of rotatable bonds is 4. The van der Waals surface area contributed by atoms with Crippen LogP contribution in [0.5, 0.6) is 0 Å². The molecule has 4 rings (SSSR count). The number of urea groups is 1. The summed E-state index contributed by atoms with van der Waals surface area (Å²) in [7, 11) is -2.76. The highest BCUT2D eigenvalue weighted by Gasteiger charge is 2.51. The number of sulfonamides is 1. The molecular formula is C20H23N3O6S2. The Bertz CT molecular complexity index is 1060. The lowest BCUT2D eigenvalue weighted by molar-refractivity contribution is -0.0840. The summed E-state index contributed by atoms with van der Waals surface area (Å²) < 4.78 is 38.8. The summed E-state index contributed by atoms with van der Waals surface area (Å²) in [5.41, 5.74) is -0.334. The van der Waals surface area contributed by atoms with Crippen LogP contribution in [0.25, 0.3) is 0 Å². The first-order chi connectivity index (χ1) is 14.9. The van der Waals surface area contributed by atoms with Gasteiger partial charge in [0.1, 0.15) is 15.5 Å². The minimum absolute atomic E-state index is 0.0456. The summed E-state index contributed by atoms with van der Waals surface area (Å²) in [6.07, 6.45) is 0.679. The predicted molar refractivity (Wildman–Crippen MR) is 115 cm³/mol. The summed E-state index contributed by atoms with van der Waals surface area (Å²) in [4.78, 5) is 26.2. The molecule has 31 heavy (non-hydrogen) atoms. The fourth-order valence-corrected chi connectivity index (χ4v) is 7.00. The molecule has 1 N–H and O–H groups in total. The molecule has 1 spiro atoms. The molecule has 0 radical (unpaired) electrons. The van der Waals surface area contributed by atoms with Crippen LogP contribution in [0.2, 0.25) is 0 Å². The third-order valence-corrected chi connectivity index (χ3v) is 8.56. The lowest BCUT2D eigenvalue weighted by Gasteiger charge is -2.42. The van der Waals surface area contributed by atoms with Crippen molar-refractivity contribution in [3.05, 3.63) is 46.7 Å². The Kier molecular flexibility index (Phi) is 6.02. The van der Waals surface area contributed by atoms with Crippen molar-refractivity contribution >= 4 is 39.0 Å². The van der Waals surface area contributed by atoms with Crippen LogP contribution in [-0.2, 0) is 19.5 Å². The second-order valence-corrected chi connectivity index (χ2v) is 10.0. The van der Waals surface area contributed by atoms with E-state index in [1.54, 1.807) is 22.4 Å². The van der Waals surface area contributed by atoms with Crippen LogP contribution in [-0.4, -0.2) is 68.7 Å². The third kappa shape index (κ3) is 4.05. The minimum Gasteiger partial charge on any atom is -0.465 e. The highest BCUT2D eigenvalue weighted by Crippen LogP contribution is 2.39. The van der Waals surface area contributed by atoms with Crippen LogP contribution < -0.4 is 5.32 Å². The first-order valence-corrected chi connectivity index (χ1v) is 12.1. The summed E-state index contributed by atoms with van der Waals surface area (Å²) in [6.45, 7) is 1.14. The van der Waals surface area contributed by atoms with Crippen LogP contribution in [0.1, 0.15) is 22.5 Å². The number of amides is 2. The number of anilines is 1. The Morgan fingerprint density at radius 2 is 1.84 bits per heavy atom. The van der Waals surface area contributed by atoms with Crippen molar-refractivity contribution in [1.82, 2.24) is 9.21 Å². The second kappa shape index (κ2) is 8.58. The molecule has 0 saturated carbocycles. The van der Waals surface area contributed by atoms with Crippen LogP contribution in [0.3, 0.4) is 0 Å². The quantitative estimate of drug-likeness (QED) is 0.696. The number of para-hydroxylation sites is 1. The number of carbonyl (C=O) groups is 2. The molecule has 11 heteroatoms. The number of nitrogens with zero attached hydrogens (tertiary/aromatic N) is 2. The molecule has 2 aliphatic rings. The molecule has 2 aromatic rings. The normalized spacial score (nSPS) is 18.8. The van der Waals surface area contributed by atoms with Crippen molar-refractivity contribution in [3.8, 4) is 0 Å². The maximum absolute atomic E-state index is 13.4. The van der Waals surface area contributed by atoms with E-state index in [-0.39, 0.29) is 29.0 Å². The molecule has 0 unspecified atom stereocenters. The number of piperidine rings is 1. The van der Waals surface area contributed by atoms with Crippen molar-refractivity contribution in [1.29, 1.82) is 0 Å². The van der Waals surface area contributed by atoms with Gasteiger partial charge in [-0.25, -0.2) is 18.0 Å². The number of nitrogens with one attached hydrogen (secondary N) is 1. The van der Waals surface area contributed by atoms with E-state index in [9.17, 15) is 18.0 Å². The molecule has 0 atom stereocenters. The van der Waals surface area contributed by atoms with Crippen LogP contribution in [0, 0.1) is 0 Å². The average Bonchev–Trinajstić information content (AvgIpc) is 3.43. The number of methoxy groups -OCH3 is 1. The number of thiophene rings is 1. The number of likely N-dealkylation sites (tertiary alicyclic amines) is 1. The summed E-state index contributed by atoms with van der Waals surface area (Å²) in [5, 5.41) is 4.40. The molecule has 3 heterocycles. The van der Waals surface area contributed by atoms with Crippen molar-refractivity contribution in [2.75, 3.05) is 38.7 Å². The third-order valence-electron chi connectivity index (χ3n) is 5.54. The Balaban J connectivity index is 1.49. The summed E-state index contributed by atoms with van der Waals surface area (Å²) in [5.74, 6) is -0.685. The maximum Gasteiger partial charge on any atom is 0.349 e. The highest BCUT2D eigenvalue weighted by atomic mass is 32.2. The lowest BCUT2D eigenvalue weighted by atomic mass is 10.0.